The summed E-state index contributed by atoms with van der Waals surface area (Å²) in [5.74, 6) is -0.168. The van der Waals surface area contributed by atoms with Crippen LogP contribution in [0.4, 0.5) is 10.3 Å². The maximum Gasteiger partial charge on any atom is 0.332 e. The lowest BCUT2D eigenvalue weighted by molar-refractivity contribution is 0.601. The number of benzene rings is 1. The first-order valence-electron chi connectivity index (χ1n) is 8.69. The van der Waals surface area contributed by atoms with Gasteiger partial charge in [-0.15, -0.1) is 11.3 Å². The number of hydrogen-bond acceptors (Lipinski definition) is 6. The van der Waals surface area contributed by atoms with Crippen molar-refractivity contribution in [3.05, 3.63) is 78.9 Å². The summed E-state index contributed by atoms with van der Waals surface area (Å²) in [5, 5.41) is 6.10. The van der Waals surface area contributed by atoms with Crippen molar-refractivity contribution >= 4 is 34.7 Å². The van der Waals surface area contributed by atoms with Gasteiger partial charge in [-0.2, -0.15) is 10.1 Å². The van der Waals surface area contributed by atoms with Crippen LogP contribution in [0.2, 0.25) is 0 Å². The predicted molar refractivity (Wildman–Crippen MR) is 111 cm³/mol. The van der Waals surface area contributed by atoms with Crippen molar-refractivity contribution < 1.29 is 4.39 Å². The minimum absolute atomic E-state index is 0.0491. The Morgan fingerprint density at radius 3 is 2.69 bits per heavy atom. The van der Waals surface area contributed by atoms with Gasteiger partial charge in [0.05, 0.1) is 12.8 Å². The number of aryl methyl sites for hydroxylation is 1. The highest BCUT2D eigenvalue weighted by Gasteiger charge is 2.20. The average molecular weight is 412 g/mol. The highest BCUT2D eigenvalue weighted by Crippen LogP contribution is 2.19. The maximum absolute atomic E-state index is 14.3. The van der Waals surface area contributed by atoms with Crippen molar-refractivity contribution in [2.24, 2.45) is 19.2 Å². The summed E-state index contributed by atoms with van der Waals surface area (Å²) in [6.45, 7) is 0.0491. The fourth-order valence-electron chi connectivity index (χ4n) is 3.00. The number of aromatic nitrogens is 4. The van der Waals surface area contributed by atoms with Crippen LogP contribution in [-0.2, 0) is 20.6 Å². The van der Waals surface area contributed by atoms with Crippen LogP contribution in [0.5, 0.6) is 0 Å². The van der Waals surface area contributed by atoms with Crippen molar-refractivity contribution in [2.75, 3.05) is 5.43 Å². The summed E-state index contributed by atoms with van der Waals surface area (Å²) < 4.78 is 18.1. The molecule has 0 bridgehead atoms. The van der Waals surface area contributed by atoms with Crippen LogP contribution in [-0.4, -0.2) is 24.9 Å². The molecule has 0 spiro atoms. The second-order valence-electron chi connectivity index (χ2n) is 6.38. The molecule has 3 aromatic heterocycles. The number of nitrogens with one attached hydrogen (secondary N) is 1. The molecule has 0 aliphatic carbocycles. The Kier molecular flexibility index (Phi) is 4.85. The minimum atomic E-state index is -0.512. The monoisotopic (exact) mass is 412 g/mol. The Morgan fingerprint density at radius 1 is 1.17 bits per heavy atom. The van der Waals surface area contributed by atoms with Gasteiger partial charge in [-0.3, -0.25) is 18.5 Å². The first kappa shape index (κ1) is 18.8. The van der Waals surface area contributed by atoms with Gasteiger partial charge < -0.3 is 0 Å². The molecule has 0 fully saturated rings. The molecule has 8 nitrogen and oxygen atoms in total. The van der Waals surface area contributed by atoms with Crippen molar-refractivity contribution in [1.82, 2.24) is 18.7 Å². The van der Waals surface area contributed by atoms with Gasteiger partial charge in [-0.1, -0.05) is 24.3 Å². The average Bonchev–Trinajstić information content (AvgIpc) is 3.35. The maximum atomic E-state index is 14.3. The molecular formula is C19H17FN6O2S. The van der Waals surface area contributed by atoms with Gasteiger partial charge in [0.15, 0.2) is 11.2 Å². The number of nitrogens with zero attached hydrogens (tertiary/aromatic N) is 5. The van der Waals surface area contributed by atoms with E-state index in [9.17, 15) is 14.0 Å². The lowest BCUT2D eigenvalue weighted by Crippen LogP contribution is -2.37. The fraction of sp³-hybridized carbons (Fsp3) is 0.158. The van der Waals surface area contributed by atoms with Gasteiger partial charge in [0.25, 0.3) is 5.56 Å². The van der Waals surface area contributed by atoms with E-state index in [0.717, 1.165) is 9.44 Å². The lowest BCUT2D eigenvalue weighted by Gasteiger charge is -2.10. The Balaban J connectivity index is 1.88. The number of thiophene rings is 1. The van der Waals surface area contributed by atoms with Gasteiger partial charge in [-0.05, 0) is 17.5 Å². The molecule has 10 heteroatoms. The van der Waals surface area contributed by atoms with E-state index in [0.29, 0.717) is 5.56 Å². The molecule has 0 atom stereocenters. The second-order valence-corrected chi connectivity index (χ2v) is 7.36. The van der Waals surface area contributed by atoms with Crippen LogP contribution in [0.15, 0.2) is 56.5 Å². The van der Waals surface area contributed by atoms with E-state index in [2.05, 4.69) is 15.5 Å². The molecule has 1 N–H and O–H groups in total. The van der Waals surface area contributed by atoms with Crippen LogP contribution >= 0.6 is 11.3 Å². The molecule has 3 heterocycles. The van der Waals surface area contributed by atoms with E-state index in [-0.39, 0.29) is 23.7 Å². The molecule has 0 aliphatic heterocycles. The Hall–Kier alpha value is -3.53. The highest BCUT2D eigenvalue weighted by atomic mass is 32.1. The summed E-state index contributed by atoms with van der Waals surface area (Å²) in [4.78, 5) is 30.4. The van der Waals surface area contributed by atoms with Gasteiger partial charge in [0.1, 0.15) is 5.82 Å². The first-order chi connectivity index (χ1) is 14.0. The zero-order chi connectivity index (χ0) is 20.5. The molecular weight excluding hydrogens is 395 g/mol. The molecule has 0 saturated heterocycles. The third kappa shape index (κ3) is 3.38. The molecule has 4 aromatic rings. The molecule has 0 aliphatic rings. The third-order valence-corrected chi connectivity index (χ3v) is 5.34. The van der Waals surface area contributed by atoms with Crippen LogP contribution in [0.1, 0.15) is 10.4 Å². The van der Waals surface area contributed by atoms with Crippen LogP contribution in [0, 0.1) is 5.82 Å². The summed E-state index contributed by atoms with van der Waals surface area (Å²) in [7, 11) is 2.93. The fourth-order valence-corrected chi connectivity index (χ4v) is 3.59. The topological polar surface area (TPSA) is 86.2 Å². The lowest BCUT2D eigenvalue weighted by atomic mass is 10.2. The smallest absolute Gasteiger partial charge is 0.298 e. The normalized spacial score (nSPS) is 11.6. The number of imidazole rings is 1. The number of rotatable bonds is 5. The predicted octanol–water partition coefficient (Wildman–Crippen LogP) is 2.13. The molecule has 148 valence electrons. The van der Waals surface area contributed by atoms with Gasteiger partial charge in [-0.25, -0.2) is 14.6 Å². The van der Waals surface area contributed by atoms with Gasteiger partial charge in [0.2, 0.25) is 5.95 Å². The molecule has 0 unspecified atom stereocenters. The van der Waals surface area contributed by atoms with Crippen molar-refractivity contribution in [2.45, 2.75) is 6.54 Å². The number of fused-ring (bicyclic) bond motifs is 1. The van der Waals surface area contributed by atoms with Gasteiger partial charge >= 0.3 is 5.69 Å². The summed E-state index contributed by atoms with van der Waals surface area (Å²) in [6.07, 6.45) is 1.62. The summed E-state index contributed by atoms with van der Waals surface area (Å²) >= 11 is 1.52. The van der Waals surface area contributed by atoms with E-state index in [1.54, 1.807) is 24.4 Å². The minimum Gasteiger partial charge on any atom is -0.298 e. The van der Waals surface area contributed by atoms with E-state index < -0.39 is 17.1 Å². The largest absolute Gasteiger partial charge is 0.332 e. The molecule has 29 heavy (non-hydrogen) atoms. The first-order valence-corrected chi connectivity index (χ1v) is 9.57. The van der Waals surface area contributed by atoms with Crippen molar-refractivity contribution in [3.8, 4) is 0 Å². The molecule has 0 radical (unpaired) electrons. The van der Waals surface area contributed by atoms with E-state index >= 15 is 0 Å². The van der Waals surface area contributed by atoms with Crippen molar-refractivity contribution in [1.29, 1.82) is 0 Å². The summed E-state index contributed by atoms with van der Waals surface area (Å²) in [5.41, 5.74) is 2.58. The molecule has 0 amide bonds. The van der Waals surface area contributed by atoms with E-state index in [4.69, 9.17) is 0 Å². The Bertz CT molecular complexity index is 1330. The third-order valence-electron chi connectivity index (χ3n) is 4.53. The van der Waals surface area contributed by atoms with Crippen molar-refractivity contribution in [3.63, 3.8) is 0 Å². The zero-order valence-corrected chi connectivity index (χ0v) is 16.5. The van der Waals surface area contributed by atoms with Crippen LogP contribution in [0.3, 0.4) is 0 Å². The Morgan fingerprint density at radius 2 is 1.97 bits per heavy atom. The Labute approximate surface area is 168 Å². The number of hydrogen-bond donors (Lipinski definition) is 1. The molecule has 0 saturated carbocycles. The molecule has 1 aromatic carbocycles. The number of anilines is 1. The standard InChI is InChI=1S/C19H17FN6O2S/c1-24-16-15(17(27)25(2)19(24)28)26(11-12-6-3-4-8-14(12)20)18(22-16)23-21-10-13-7-5-9-29-13/h3-10H,11H2,1-2H3,(H,22,23). The SMILES string of the molecule is Cn1c(=O)c2c(nc(NN=Cc3cccs3)n2Cc2ccccc2F)n(C)c1=O. The van der Waals surface area contributed by atoms with E-state index in [1.807, 2.05) is 17.5 Å². The second kappa shape index (κ2) is 7.47. The van der Waals surface area contributed by atoms with Gasteiger partial charge in [0, 0.05) is 24.5 Å². The number of halogens is 1. The molecule has 4 rings (SSSR count). The summed E-state index contributed by atoms with van der Waals surface area (Å²) in [6, 6.07) is 10.1. The highest BCUT2D eigenvalue weighted by molar-refractivity contribution is 7.11. The van der Waals surface area contributed by atoms with Crippen LogP contribution in [0.25, 0.3) is 11.2 Å². The number of hydrazone groups is 1. The van der Waals surface area contributed by atoms with E-state index in [1.165, 1.54) is 40.6 Å². The quantitative estimate of drug-likeness (QED) is 0.402. The zero-order valence-electron chi connectivity index (χ0n) is 15.7. The van der Waals surface area contributed by atoms with Crippen LogP contribution < -0.4 is 16.7 Å².